The highest BCUT2D eigenvalue weighted by Crippen LogP contribution is 2.23. The van der Waals surface area contributed by atoms with Crippen LogP contribution in [-0.4, -0.2) is 0 Å². The molecule has 2 aromatic rings. The molecule has 0 saturated carbocycles. The largest absolute Gasteiger partial charge is 0.457 e. The Morgan fingerprint density at radius 1 is 0.941 bits per heavy atom. The maximum absolute atomic E-state index is 13.2. The highest BCUT2D eigenvalue weighted by atomic mass is 19.1. The van der Waals surface area contributed by atoms with Crippen molar-refractivity contribution in [3.05, 3.63) is 59.7 Å². The van der Waals surface area contributed by atoms with Crippen molar-refractivity contribution >= 4 is 0 Å². The summed E-state index contributed by atoms with van der Waals surface area (Å²) in [4.78, 5) is 0. The molecule has 2 aromatic carbocycles. The van der Waals surface area contributed by atoms with E-state index in [1.165, 1.54) is 30.3 Å². The number of hydrogen-bond acceptors (Lipinski definition) is 2. The van der Waals surface area contributed by atoms with Gasteiger partial charge in [0.05, 0.1) is 0 Å². The van der Waals surface area contributed by atoms with E-state index in [1.54, 1.807) is 12.1 Å². The lowest BCUT2D eigenvalue weighted by Gasteiger charge is -2.07. The predicted molar refractivity (Wildman–Crippen MR) is 60.8 cm³/mol. The van der Waals surface area contributed by atoms with E-state index in [4.69, 9.17) is 10.5 Å². The van der Waals surface area contributed by atoms with Gasteiger partial charge >= 0.3 is 0 Å². The van der Waals surface area contributed by atoms with Crippen LogP contribution in [0.2, 0.25) is 0 Å². The van der Waals surface area contributed by atoms with Gasteiger partial charge in [-0.2, -0.15) is 0 Å². The minimum absolute atomic E-state index is 0.220. The summed E-state index contributed by atoms with van der Waals surface area (Å²) >= 11 is 0. The number of nitrogens with two attached hydrogens (primary N) is 1. The van der Waals surface area contributed by atoms with Gasteiger partial charge in [-0.3, -0.25) is 0 Å². The molecule has 0 aromatic heterocycles. The minimum atomic E-state index is -0.431. The first-order valence-electron chi connectivity index (χ1n) is 5.10. The van der Waals surface area contributed by atoms with Gasteiger partial charge in [0.1, 0.15) is 23.1 Å². The smallest absolute Gasteiger partial charge is 0.130 e. The van der Waals surface area contributed by atoms with Crippen LogP contribution >= 0.6 is 0 Å². The summed E-state index contributed by atoms with van der Waals surface area (Å²) in [6, 6.07) is 9.83. The van der Waals surface area contributed by atoms with Gasteiger partial charge in [-0.15, -0.1) is 0 Å². The summed E-state index contributed by atoms with van der Waals surface area (Å²) < 4.78 is 31.5. The predicted octanol–water partition coefficient (Wildman–Crippen LogP) is 3.22. The first kappa shape index (κ1) is 11.5. The van der Waals surface area contributed by atoms with E-state index in [1.807, 2.05) is 0 Å². The second kappa shape index (κ2) is 4.93. The minimum Gasteiger partial charge on any atom is -0.457 e. The molecule has 0 heterocycles. The maximum Gasteiger partial charge on any atom is 0.130 e. The molecular formula is C13H11F2NO. The molecule has 2 N–H and O–H groups in total. The molecule has 0 aliphatic rings. The van der Waals surface area contributed by atoms with Crippen molar-refractivity contribution in [2.75, 3.05) is 0 Å². The van der Waals surface area contributed by atoms with Crippen LogP contribution in [0.4, 0.5) is 8.78 Å². The molecular weight excluding hydrogens is 224 g/mol. The monoisotopic (exact) mass is 235 g/mol. The van der Waals surface area contributed by atoms with Gasteiger partial charge < -0.3 is 10.5 Å². The van der Waals surface area contributed by atoms with E-state index >= 15 is 0 Å². The molecule has 0 spiro atoms. The third-order valence-corrected chi connectivity index (χ3v) is 2.20. The Morgan fingerprint density at radius 2 is 1.71 bits per heavy atom. The third-order valence-electron chi connectivity index (χ3n) is 2.20. The van der Waals surface area contributed by atoms with Crippen molar-refractivity contribution in [2.24, 2.45) is 5.73 Å². The van der Waals surface area contributed by atoms with Gasteiger partial charge in [0.2, 0.25) is 0 Å². The zero-order valence-corrected chi connectivity index (χ0v) is 8.99. The zero-order valence-electron chi connectivity index (χ0n) is 8.99. The van der Waals surface area contributed by atoms with Crippen LogP contribution in [-0.2, 0) is 6.54 Å². The topological polar surface area (TPSA) is 35.2 Å². The van der Waals surface area contributed by atoms with Crippen LogP contribution in [0, 0.1) is 11.6 Å². The number of halogens is 2. The van der Waals surface area contributed by atoms with Gasteiger partial charge in [0.15, 0.2) is 0 Å². The summed E-state index contributed by atoms with van der Waals surface area (Å²) in [5.74, 6) is -0.216. The quantitative estimate of drug-likeness (QED) is 0.886. The van der Waals surface area contributed by atoms with E-state index in [9.17, 15) is 8.78 Å². The summed E-state index contributed by atoms with van der Waals surface area (Å²) in [5, 5.41) is 0. The molecule has 0 radical (unpaired) electrons. The second-order valence-electron chi connectivity index (χ2n) is 3.56. The molecule has 0 aliphatic carbocycles. The van der Waals surface area contributed by atoms with Crippen molar-refractivity contribution in [3.63, 3.8) is 0 Å². The first-order chi connectivity index (χ1) is 8.17. The highest BCUT2D eigenvalue weighted by Gasteiger charge is 2.03. The Kier molecular flexibility index (Phi) is 3.35. The molecule has 2 nitrogen and oxygen atoms in total. The average Bonchev–Trinajstić information content (AvgIpc) is 2.28. The van der Waals surface area contributed by atoms with Crippen molar-refractivity contribution in [2.45, 2.75) is 6.54 Å². The van der Waals surface area contributed by atoms with Crippen LogP contribution in [0.15, 0.2) is 42.5 Å². The van der Waals surface area contributed by atoms with Crippen LogP contribution in [0.3, 0.4) is 0 Å². The fourth-order valence-corrected chi connectivity index (χ4v) is 1.46. The van der Waals surface area contributed by atoms with Crippen molar-refractivity contribution in [3.8, 4) is 11.5 Å². The highest BCUT2D eigenvalue weighted by molar-refractivity contribution is 5.34. The Balaban J connectivity index is 2.26. The Hall–Kier alpha value is -1.94. The van der Waals surface area contributed by atoms with E-state index in [2.05, 4.69) is 0 Å². The standard InChI is InChI=1S/C13H11F2NO/c14-10-2-1-3-12(6-10)17-13-5-9(8-16)4-11(15)7-13/h1-7H,8,16H2. The van der Waals surface area contributed by atoms with E-state index in [0.717, 1.165) is 0 Å². The molecule has 0 atom stereocenters. The van der Waals surface area contributed by atoms with Crippen LogP contribution in [0.25, 0.3) is 0 Å². The third kappa shape index (κ3) is 3.01. The summed E-state index contributed by atoms with van der Waals surface area (Å²) in [5.41, 5.74) is 6.04. The first-order valence-corrected chi connectivity index (χ1v) is 5.10. The van der Waals surface area contributed by atoms with Crippen LogP contribution < -0.4 is 10.5 Å². The SMILES string of the molecule is NCc1cc(F)cc(Oc2cccc(F)c2)c1. The van der Waals surface area contributed by atoms with Crippen molar-refractivity contribution in [1.29, 1.82) is 0 Å². The average molecular weight is 235 g/mol. The fourth-order valence-electron chi connectivity index (χ4n) is 1.46. The number of rotatable bonds is 3. The summed E-state index contributed by atoms with van der Waals surface area (Å²) in [6.07, 6.45) is 0. The van der Waals surface area contributed by atoms with Crippen molar-refractivity contribution in [1.82, 2.24) is 0 Å². The van der Waals surface area contributed by atoms with Crippen LogP contribution in [0.5, 0.6) is 11.5 Å². The molecule has 0 saturated heterocycles. The number of benzene rings is 2. The van der Waals surface area contributed by atoms with E-state index in [-0.39, 0.29) is 6.54 Å². The Labute approximate surface area is 97.6 Å². The van der Waals surface area contributed by atoms with E-state index in [0.29, 0.717) is 17.1 Å². The maximum atomic E-state index is 13.2. The zero-order chi connectivity index (χ0) is 12.3. The van der Waals surface area contributed by atoms with Gasteiger partial charge in [0.25, 0.3) is 0 Å². The second-order valence-corrected chi connectivity index (χ2v) is 3.56. The Bertz CT molecular complexity index is 529. The molecule has 0 bridgehead atoms. The molecule has 17 heavy (non-hydrogen) atoms. The lowest BCUT2D eigenvalue weighted by Crippen LogP contribution is -1.97. The van der Waals surface area contributed by atoms with Gasteiger partial charge in [-0.25, -0.2) is 8.78 Å². The lowest BCUT2D eigenvalue weighted by molar-refractivity contribution is 0.470. The molecule has 0 amide bonds. The molecule has 0 aliphatic heterocycles. The summed E-state index contributed by atoms with van der Waals surface area (Å²) in [7, 11) is 0. The van der Waals surface area contributed by atoms with Gasteiger partial charge in [-0.1, -0.05) is 6.07 Å². The molecule has 0 unspecified atom stereocenters. The fraction of sp³-hybridized carbons (Fsp3) is 0.0769. The lowest BCUT2D eigenvalue weighted by atomic mass is 10.2. The molecule has 88 valence electrons. The van der Waals surface area contributed by atoms with Gasteiger partial charge in [0, 0.05) is 18.7 Å². The van der Waals surface area contributed by atoms with E-state index < -0.39 is 11.6 Å². The van der Waals surface area contributed by atoms with Crippen molar-refractivity contribution < 1.29 is 13.5 Å². The number of ether oxygens (including phenoxy) is 1. The molecule has 2 rings (SSSR count). The van der Waals surface area contributed by atoms with Crippen LogP contribution in [0.1, 0.15) is 5.56 Å². The normalized spacial score (nSPS) is 10.3. The summed E-state index contributed by atoms with van der Waals surface area (Å²) in [6.45, 7) is 0.220. The Morgan fingerprint density at radius 3 is 2.41 bits per heavy atom. The molecule has 0 fully saturated rings. The van der Waals surface area contributed by atoms with Gasteiger partial charge in [-0.05, 0) is 29.8 Å². The number of hydrogen-bond donors (Lipinski definition) is 1. The molecule has 4 heteroatoms.